The number of hydrogen-bond donors (Lipinski definition) is 1. The molecule has 1 radical (unpaired) electrons. The molecule has 0 aliphatic rings. The second-order valence-electron chi connectivity index (χ2n) is 4.55. The first kappa shape index (κ1) is 29.6. The summed E-state index contributed by atoms with van der Waals surface area (Å²) in [6, 6.07) is 20.1. The van der Waals surface area contributed by atoms with Crippen molar-refractivity contribution in [3.63, 3.8) is 0 Å². The summed E-state index contributed by atoms with van der Waals surface area (Å²) in [7, 11) is 0. The van der Waals surface area contributed by atoms with Gasteiger partial charge in [0.15, 0.2) is 0 Å². The maximum absolute atomic E-state index is 9.29. The van der Waals surface area contributed by atoms with Crippen LogP contribution in [0.3, 0.4) is 0 Å². The van der Waals surface area contributed by atoms with E-state index < -0.39 is 5.69 Å². The molecule has 3 nitrogen and oxygen atoms in total. The van der Waals surface area contributed by atoms with Crippen molar-refractivity contribution in [3.8, 4) is 0 Å². The zero-order valence-electron chi connectivity index (χ0n) is 15.1. The quantitative estimate of drug-likeness (QED) is 0.448. The third-order valence-corrected chi connectivity index (χ3v) is 2.99. The molecule has 0 fully saturated rings. The predicted molar refractivity (Wildman–Crippen MR) is 106 cm³/mol. The first-order chi connectivity index (χ1) is 10.8. The standard InChI is InChI=1S/C12H17.C6H5.Co.H3N.H3O2PS2/c1-4-10-8-7-9-11(5-2)12(10)6-3;1-2-4-6-5-3-1;;;1-3(2,4)5/h7-8H,4-6H2,1-3H3;1-5H;;1H3;(H3,1,2,4,5)/q2*-1;+2;;/p-2. The fourth-order valence-corrected chi connectivity index (χ4v) is 2.05. The Labute approximate surface area is 173 Å². The summed E-state index contributed by atoms with van der Waals surface area (Å²) in [4.78, 5) is 18.6. The maximum atomic E-state index is 9.29. The van der Waals surface area contributed by atoms with Gasteiger partial charge in [0.25, 0.3) is 0 Å². The average Bonchev–Trinajstić information content (AvgIpc) is 2.54. The molecule has 2 aromatic rings. The first-order valence-electron chi connectivity index (χ1n) is 7.48. The van der Waals surface area contributed by atoms with E-state index in [0.29, 0.717) is 0 Å². The second-order valence-corrected chi connectivity index (χ2v) is 9.02. The molecule has 0 heterocycles. The van der Waals surface area contributed by atoms with Crippen LogP contribution in [0.1, 0.15) is 37.5 Å². The first-order valence-corrected chi connectivity index (χ1v) is 11.1. The minimum atomic E-state index is -3.72. The molecule has 0 atom stereocenters. The number of quaternary nitrogens is 1. The minimum Gasteiger partial charge on any atom is -0.850 e. The van der Waals surface area contributed by atoms with Gasteiger partial charge in [-0.05, 0) is 0 Å². The summed E-state index contributed by atoms with van der Waals surface area (Å²) < 4.78 is 0. The zero-order chi connectivity index (χ0) is 17.7. The van der Waals surface area contributed by atoms with Crippen LogP contribution >= 0.6 is 5.69 Å². The van der Waals surface area contributed by atoms with E-state index in [2.05, 4.69) is 69.1 Å². The van der Waals surface area contributed by atoms with Crippen molar-refractivity contribution in [2.45, 2.75) is 40.0 Å². The van der Waals surface area contributed by atoms with E-state index in [1.807, 2.05) is 30.3 Å². The van der Waals surface area contributed by atoms with Gasteiger partial charge in [-0.25, -0.2) is 0 Å². The van der Waals surface area contributed by atoms with Crippen LogP contribution in [0.2, 0.25) is 0 Å². The topological polar surface area (TPSA) is 82.6 Å². The minimum absolute atomic E-state index is 0. The van der Waals surface area contributed by atoms with Gasteiger partial charge in [-0.2, -0.15) is 77.5 Å². The molecule has 0 aliphatic heterocycles. The molecule has 0 bridgehead atoms. The van der Waals surface area contributed by atoms with E-state index in [1.54, 1.807) is 0 Å². The van der Waals surface area contributed by atoms with Gasteiger partial charge in [0, 0.05) is 0 Å². The summed E-state index contributed by atoms with van der Waals surface area (Å²) >= 11 is 7.28. The van der Waals surface area contributed by atoms with Crippen molar-refractivity contribution in [2.24, 2.45) is 0 Å². The normalized spacial score (nSPS) is 9.20. The van der Waals surface area contributed by atoms with Crippen molar-refractivity contribution in [3.05, 3.63) is 71.3 Å². The number of rotatable bonds is 3. The summed E-state index contributed by atoms with van der Waals surface area (Å²) in [5.74, 6) is 0. The van der Waals surface area contributed by atoms with Crippen LogP contribution in [-0.4, -0.2) is 0 Å². The molecule has 2 rings (SSSR count). The van der Waals surface area contributed by atoms with Crippen LogP contribution in [0.4, 0.5) is 0 Å². The molecule has 0 spiro atoms. The van der Waals surface area contributed by atoms with Crippen molar-refractivity contribution in [2.75, 3.05) is 0 Å². The van der Waals surface area contributed by atoms with Crippen LogP contribution in [0.15, 0.2) is 42.5 Å². The van der Waals surface area contributed by atoms with Crippen molar-refractivity contribution >= 4 is 29.7 Å². The van der Waals surface area contributed by atoms with Crippen LogP contribution < -0.4 is 15.9 Å². The van der Waals surface area contributed by atoms with Gasteiger partial charge in [0.2, 0.25) is 0 Å². The molecule has 0 unspecified atom stereocenters. The van der Waals surface area contributed by atoms with Crippen molar-refractivity contribution in [1.82, 2.24) is 6.15 Å². The van der Waals surface area contributed by atoms with E-state index in [0.717, 1.165) is 19.3 Å². The molecule has 0 amide bonds. The van der Waals surface area contributed by atoms with Gasteiger partial charge < -0.3 is 33.9 Å². The Morgan fingerprint density at radius 2 is 1.52 bits per heavy atom. The molecule has 0 aliphatic carbocycles. The molecule has 0 aromatic heterocycles. The monoisotopic (exact) mass is 442 g/mol. The van der Waals surface area contributed by atoms with Crippen LogP contribution in [0, 0.1) is 12.1 Å². The Morgan fingerprint density at radius 3 is 1.80 bits per heavy atom. The fraction of sp³-hybridized carbons (Fsp3) is 0.333. The Morgan fingerprint density at radius 1 is 1.00 bits per heavy atom. The van der Waals surface area contributed by atoms with Crippen molar-refractivity contribution in [1.29, 1.82) is 0 Å². The Hall–Kier alpha value is -0.174. The summed E-state index contributed by atoms with van der Waals surface area (Å²) in [5, 5.41) is 0. The SMILES string of the molecule is CCc1[c-]ccc(CC)c1CC.[Co+2].[NH4+].[O-]P([O-])(=S)[S-].[c-]1ccccc1. The van der Waals surface area contributed by atoms with Gasteiger partial charge in [-0.1, -0.05) is 40.0 Å². The molecule has 2 aromatic carbocycles. The molecule has 4 N–H and O–H groups in total. The number of aryl methyl sites for hydroxylation is 2. The predicted octanol–water partition coefficient (Wildman–Crippen LogP) is 3.51. The van der Waals surface area contributed by atoms with E-state index in [9.17, 15) is 9.79 Å². The van der Waals surface area contributed by atoms with E-state index in [4.69, 9.17) is 0 Å². The van der Waals surface area contributed by atoms with Gasteiger partial charge in [-0.3, -0.25) is 0 Å². The molecule has 0 saturated heterocycles. The van der Waals surface area contributed by atoms with Gasteiger partial charge in [0.05, 0.1) is 0 Å². The fourth-order valence-electron chi connectivity index (χ4n) is 2.05. The average molecular weight is 442 g/mol. The Balaban J connectivity index is -0.000000317. The molecular weight excluding hydrogens is 416 g/mol. The molecular formula is C18H26CoNO2PS2-2. The largest absolute Gasteiger partial charge is 2.00 e. The van der Waals surface area contributed by atoms with E-state index in [1.165, 1.54) is 16.7 Å². The van der Waals surface area contributed by atoms with Gasteiger partial charge in [0.1, 0.15) is 0 Å². The summed E-state index contributed by atoms with van der Waals surface area (Å²) in [6.07, 6.45) is 3.39. The molecule has 0 saturated carbocycles. The number of benzene rings is 2. The van der Waals surface area contributed by atoms with E-state index in [-0.39, 0.29) is 22.9 Å². The third-order valence-electron chi connectivity index (χ3n) is 2.99. The summed E-state index contributed by atoms with van der Waals surface area (Å²) in [6.45, 7) is 6.64. The van der Waals surface area contributed by atoms with Crippen molar-refractivity contribution < 1.29 is 26.6 Å². The number of hydrogen-bond acceptors (Lipinski definition) is 4. The molecule has 143 valence electrons. The zero-order valence-corrected chi connectivity index (χ0v) is 18.6. The molecule has 7 heteroatoms. The third kappa shape index (κ3) is 17.0. The smallest absolute Gasteiger partial charge is 0.850 e. The maximum Gasteiger partial charge on any atom is 2.00 e. The van der Waals surface area contributed by atoms with Crippen LogP contribution in [-0.2, 0) is 60.1 Å². The van der Waals surface area contributed by atoms with E-state index >= 15 is 0 Å². The van der Waals surface area contributed by atoms with Gasteiger partial charge >= 0.3 is 16.8 Å². The Bertz CT molecular complexity index is 538. The Kier molecular flexibility index (Phi) is 20.4. The van der Waals surface area contributed by atoms with Crippen LogP contribution in [0.25, 0.3) is 0 Å². The van der Waals surface area contributed by atoms with Crippen LogP contribution in [0.5, 0.6) is 0 Å². The second kappa shape index (κ2) is 17.3. The van der Waals surface area contributed by atoms with Gasteiger partial charge in [-0.15, -0.1) is 5.56 Å². The molecule has 25 heavy (non-hydrogen) atoms. The summed E-state index contributed by atoms with van der Waals surface area (Å²) in [5.41, 5.74) is 0.687.